The second kappa shape index (κ2) is 7.70. The summed E-state index contributed by atoms with van der Waals surface area (Å²) in [6.45, 7) is 4.04. The van der Waals surface area contributed by atoms with E-state index in [1.165, 1.54) is 0 Å². The van der Waals surface area contributed by atoms with Crippen LogP contribution in [0, 0.1) is 22.0 Å². The van der Waals surface area contributed by atoms with Gasteiger partial charge in [0, 0.05) is 29.8 Å². The summed E-state index contributed by atoms with van der Waals surface area (Å²) in [5.41, 5.74) is 3.75. The van der Waals surface area contributed by atoms with Crippen molar-refractivity contribution in [1.29, 1.82) is 0 Å². The topological polar surface area (TPSA) is 84.3 Å². The third kappa shape index (κ3) is 3.75. The van der Waals surface area contributed by atoms with Crippen molar-refractivity contribution in [2.45, 2.75) is 38.6 Å². The zero-order valence-electron chi connectivity index (χ0n) is 16.6. The van der Waals surface area contributed by atoms with Crippen LogP contribution in [0.4, 0.5) is 17.1 Å². The van der Waals surface area contributed by atoms with Gasteiger partial charge in [-0.15, -0.1) is 0 Å². The number of hydrogen-bond donors (Lipinski definition) is 2. The fourth-order valence-corrected chi connectivity index (χ4v) is 4.48. The highest BCUT2D eigenvalue weighted by atomic mass is 16.6. The molecule has 3 unspecified atom stereocenters. The monoisotopic (exact) mass is 391 g/mol. The molecular formula is C23H25N3O3. The van der Waals surface area contributed by atoms with Crippen LogP contribution in [0.3, 0.4) is 0 Å². The Balaban J connectivity index is 1.66. The second-order valence-corrected chi connectivity index (χ2v) is 8.24. The zero-order chi connectivity index (χ0) is 20.5. The quantitative estimate of drug-likeness (QED) is 0.406. The van der Waals surface area contributed by atoms with E-state index in [0.717, 1.165) is 28.9 Å². The first-order valence-corrected chi connectivity index (χ1v) is 10.0. The summed E-state index contributed by atoms with van der Waals surface area (Å²) < 4.78 is 0. The molecule has 6 nitrogen and oxygen atoms in total. The number of carbonyl (C=O) groups excluding carboxylic acids is 1. The first kappa shape index (κ1) is 19.2. The Hall–Kier alpha value is -3.15. The van der Waals surface area contributed by atoms with Gasteiger partial charge in [0.1, 0.15) is 0 Å². The Morgan fingerprint density at radius 3 is 2.79 bits per heavy atom. The molecule has 0 spiro atoms. The molecular weight excluding hydrogens is 366 g/mol. The lowest BCUT2D eigenvalue weighted by atomic mass is 9.76. The third-order valence-corrected chi connectivity index (χ3v) is 5.71. The highest BCUT2D eigenvalue weighted by Gasteiger charge is 2.40. The van der Waals surface area contributed by atoms with Crippen LogP contribution in [0.2, 0.25) is 0 Å². The number of fused-ring (bicyclic) bond motifs is 3. The number of anilines is 2. The number of nitro benzene ring substituents is 1. The van der Waals surface area contributed by atoms with Gasteiger partial charge in [-0.2, -0.15) is 0 Å². The van der Waals surface area contributed by atoms with Crippen molar-refractivity contribution in [3.05, 3.63) is 75.9 Å². The third-order valence-electron chi connectivity index (χ3n) is 5.71. The summed E-state index contributed by atoms with van der Waals surface area (Å²) in [5, 5.41) is 18.1. The van der Waals surface area contributed by atoms with Crippen molar-refractivity contribution in [2.75, 3.05) is 10.6 Å². The number of nitrogens with one attached hydrogen (secondary N) is 2. The van der Waals surface area contributed by atoms with Crippen LogP contribution >= 0.6 is 0 Å². The predicted octanol–water partition coefficient (Wildman–Crippen LogP) is 5.41. The van der Waals surface area contributed by atoms with Crippen LogP contribution in [-0.4, -0.2) is 10.8 Å². The van der Waals surface area contributed by atoms with E-state index in [1.807, 2.05) is 44.2 Å². The maximum absolute atomic E-state index is 12.2. The Bertz CT molecular complexity index is 983. The lowest BCUT2D eigenvalue weighted by molar-refractivity contribution is -0.385. The Kier molecular flexibility index (Phi) is 5.09. The van der Waals surface area contributed by atoms with Crippen molar-refractivity contribution in [1.82, 2.24) is 0 Å². The molecule has 29 heavy (non-hydrogen) atoms. The van der Waals surface area contributed by atoms with E-state index in [0.29, 0.717) is 12.3 Å². The second-order valence-electron chi connectivity index (χ2n) is 8.24. The molecule has 0 saturated carbocycles. The lowest BCUT2D eigenvalue weighted by Crippen LogP contribution is -2.29. The van der Waals surface area contributed by atoms with Crippen LogP contribution in [-0.2, 0) is 4.79 Å². The molecule has 0 saturated heterocycles. The molecule has 3 atom stereocenters. The number of carbonyl (C=O) groups is 1. The van der Waals surface area contributed by atoms with Crippen LogP contribution in [0.5, 0.6) is 0 Å². The van der Waals surface area contributed by atoms with Gasteiger partial charge in [-0.1, -0.05) is 44.2 Å². The normalized spacial score (nSPS) is 22.0. The van der Waals surface area contributed by atoms with E-state index in [1.54, 1.807) is 12.1 Å². The SMILES string of the molecule is CC(C)CC(=O)Nc1ccc2c(c1)C1C=CCC1C(c1ccccc1[N+](=O)[O-])N2. The van der Waals surface area contributed by atoms with Crippen molar-refractivity contribution >= 4 is 23.0 Å². The van der Waals surface area contributed by atoms with Crippen LogP contribution < -0.4 is 10.6 Å². The van der Waals surface area contributed by atoms with E-state index in [4.69, 9.17) is 0 Å². The fraction of sp³-hybridized carbons (Fsp3) is 0.348. The first-order chi connectivity index (χ1) is 13.9. The predicted molar refractivity (Wildman–Crippen MR) is 114 cm³/mol. The number of nitrogens with zero attached hydrogens (tertiary/aromatic N) is 1. The molecule has 0 aromatic heterocycles. The van der Waals surface area contributed by atoms with Gasteiger partial charge < -0.3 is 10.6 Å². The maximum Gasteiger partial charge on any atom is 0.274 e. The van der Waals surface area contributed by atoms with Gasteiger partial charge >= 0.3 is 0 Å². The van der Waals surface area contributed by atoms with Gasteiger partial charge in [0.15, 0.2) is 0 Å². The molecule has 1 amide bonds. The molecule has 6 heteroatoms. The molecule has 150 valence electrons. The smallest absolute Gasteiger partial charge is 0.274 e. The summed E-state index contributed by atoms with van der Waals surface area (Å²) in [6.07, 6.45) is 5.68. The molecule has 2 aliphatic rings. The number of benzene rings is 2. The highest BCUT2D eigenvalue weighted by molar-refractivity contribution is 5.91. The number of rotatable bonds is 5. The minimum absolute atomic E-state index is 0.0139. The van der Waals surface area contributed by atoms with Gasteiger partial charge in [-0.3, -0.25) is 14.9 Å². The molecule has 0 bridgehead atoms. The Morgan fingerprint density at radius 2 is 2.03 bits per heavy atom. The minimum Gasteiger partial charge on any atom is -0.377 e. The van der Waals surface area contributed by atoms with E-state index in [-0.39, 0.29) is 34.4 Å². The summed E-state index contributed by atoms with van der Waals surface area (Å²) in [7, 11) is 0. The Labute approximate surface area is 170 Å². The van der Waals surface area contributed by atoms with Crippen LogP contribution in [0.15, 0.2) is 54.6 Å². The number of nitro groups is 1. The Morgan fingerprint density at radius 1 is 1.24 bits per heavy atom. The summed E-state index contributed by atoms with van der Waals surface area (Å²) in [4.78, 5) is 23.4. The van der Waals surface area contributed by atoms with Gasteiger partial charge in [-0.05, 0) is 42.0 Å². The molecule has 2 N–H and O–H groups in total. The van der Waals surface area contributed by atoms with Crippen molar-refractivity contribution in [2.24, 2.45) is 11.8 Å². The molecule has 4 rings (SSSR count). The van der Waals surface area contributed by atoms with E-state index in [2.05, 4.69) is 22.8 Å². The summed E-state index contributed by atoms with van der Waals surface area (Å²) in [5.74, 6) is 0.683. The van der Waals surface area contributed by atoms with Crippen molar-refractivity contribution in [3.8, 4) is 0 Å². The zero-order valence-corrected chi connectivity index (χ0v) is 16.6. The minimum atomic E-state index is -0.308. The molecule has 2 aromatic carbocycles. The van der Waals surface area contributed by atoms with Gasteiger partial charge in [0.2, 0.25) is 5.91 Å². The fourth-order valence-electron chi connectivity index (χ4n) is 4.48. The number of allylic oxidation sites excluding steroid dienone is 2. The molecule has 1 aliphatic carbocycles. The van der Waals surface area contributed by atoms with Crippen molar-refractivity contribution in [3.63, 3.8) is 0 Å². The van der Waals surface area contributed by atoms with E-state index < -0.39 is 0 Å². The first-order valence-electron chi connectivity index (χ1n) is 10.0. The average molecular weight is 391 g/mol. The molecule has 1 aliphatic heterocycles. The van der Waals surface area contributed by atoms with Crippen molar-refractivity contribution < 1.29 is 9.72 Å². The lowest BCUT2D eigenvalue weighted by Gasteiger charge is -2.37. The average Bonchev–Trinajstić information content (AvgIpc) is 3.17. The van der Waals surface area contributed by atoms with Crippen LogP contribution in [0.1, 0.15) is 49.8 Å². The van der Waals surface area contributed by atoms with E-state index >= 15 is 0 Å². The highest BCUT2D eigenvalue weighted by Crippen LogP contribution is 2.51. The van der Waals surface area contributed by atoms with Crippen LogP contribution in [0.25, 0.3) is 0 Å². The summed E-state index contributed by atoms with van der Waals surface area (Å²) >= 11 is 0. The van der Waals surface area contributed by atoms with E-state index in [9.17, 15) is 14.9 Å². The molecule has 0 fully saturated rings. The standard InChI is InChI=1S/C23H25N3O3/c1-14(2)12-22(27)24-15-10-11-20-19(13-15)16-7-5-8-17(16)23(25-20)18-6-3-4-9-21(18)26(28)29/h3-7,9-11,13-14,16-17,23,25H,8,12H2,1-2H3,(H,24,27). The maximum atomic E-state index is 12.2. The summed E-state index contributed by atoms with van der Waals surface area (Å²) in [6, 6.07) is 12.7. The molecule has 0 radical (unpaired) electrons. The van der Waals surface area contributed by atoms with Gasteiger partial charge in [0.25, 0.3) is 5.69 Å². The van der Waals surface area contributed by atoms with Gasteiger partial charge in [-0.25, -0.2) is 0 Å². The number of para-hydroxylation sites is 1. The van der Waals surface area contributed by atoms with Gasteiger partial charge in [0.05, 0.1) is 16.5 Å². The number of amides is 1. The number of hydrogen-bond acceptors (Lipinski definition) is 4. The molecule has 1 heterocycles. The molecule has 2 aromatic rings. The largest absolute Gasteiger partial charge is 0.377 e.